The van der Waals surface area contributed by atoms with E-state index in [-0.39, 0.29) is 23.2 Å². The molecule has 4 aliphatic carbocycles. The fourth-order valence-corrected chi connectivity index (χ4v) is 6.07. The van der Waals surface area contributed by atoms with Crippen molar-refractivity contribution >= 4 is 17.5 Å². The highest BCUT2D eigenvalue weighted by Crippen LogP contribution is 2.61. The fraction of sp³-hybridized carbons (Fsp3) is 0.600. The van der Waals surface area contributed by atoms with Crippen molar-refractivity contribution in [2.24, 2.45) is 17.3 Å². The van der Waals surface area contributed by atoms with E-state index < -0.39 is 5.41 Å². The molecule has 2 unspecified atom stereocenters. The molecule has 5 rings (SSSR count). The van der Waals surface area contributed by atoms with E-state index in [9.17, 15) is 14.0 Å². The number of amides is 2. The summed E-state index contributed by atoms with van der Waals surface area (Å²) in [5.41, 5.74) is 0.781. The highest BCUT2D eigenvalue weighted by Gasteiger charge is 2.60. The van der Waals surface area contributed by atoms with Gasteiger partial charge in [0, 0.05) is 18.2 Å². The predicted octanol–water partition coefficient (Wildman–Crippen LogP) is 3.55. The molecule has 0 saturated heterocycles. The van der Waals surface area contributed by atoms with Crippen molar-refractivity contribution in [3.63, 3.8) is 0 Å². The molecule has 0 spiro atoms. The van der Waals surface area contributed by atoms with E-state index in [4.69, 9.17) is 0 Å². The third kappa shape index (κ3) is 2.83. The van der Waals surface area contributed by atoms with Crippen LogP contribution in [0.4, 0.5) is 10.1 Å². The van der Waals surface area contributed by atoms with Gasteiger partial charge in [-0.1, -0.05) is 0 Å². The quantitative estimate of drug-likeness (QED) is 0.881. The first-order valence-corrected chi connectivity index (χ1v) is 9.16. The first-order valence-electron chi connectivity index (χ1n) is 9.16. The van der Waals surface area contributed by atoms with Crippen molar-refractivity contribution in [1.29, 1.82) is 0 Å². The lowest BCUT2D eigenvalue weighted by molar-refractivity contribution is -0.148. The van der Waals surface area contributed by atoms with Gasteiger partial charge in [-0.05, 0) is 81.0 Å². The second-order valence-corrected chi connectivity index (χ2v) is 8.62. The Balaban J connectivity index is 1.60. The highest BCUT2D eigenvalue weighted by molar-refractivity contribution is 5.96. The van der Waals surface area contributed by atoms with Crippen LogP contribution in [0.3, 0.4) is 0 Å². The maximum Gasteiger partial charge on any atom is 0.230 e. The Hall–Kier alpha value is -1.91. The number of hydrogen-bond acceptors (Lipinski definition) is 2. The van der Waals surface area contributed by atoms with Gasteiger partial charge in [0.25, 0.3) is 0 Å². The van der Waals surface area contributed by atoms with Crippen molar-refractivity contribution < 1.29 is 14.0 Å². The molecule has 4 fully saturated rings. The summed E-state index contributed by atoms with van der Waals surface area (Å²) >= 11 is 0. The van der Waals surface area contributed by atoms with Crippen molar-refractivity contribution in [2.45, 2.75) is 57.9 Å². The molecule has 2 amide bonds. The van der Waals surface area contributed by atoms with E-state index in [1.165, 1.54) is 18.6 Å². The van der Waals surface area contributed by atoms with E-state index in [2.05, 4.69) is 10.6 Å². The minimum atomic E-state index is -0.409. The highest BCUT2D eigenvalue weighted by atomic mass is 19.1. The third-order valence-electron chi connectivity index (χ3n) is 6.42. The molecule has 1 aromatic rings. The van der Waals surface area contributed by atoms with Crippen LogP contribution in [0.1, 0.15) is 51.0 Å². The number of hydrogen-bond donors (Lipinski definition) is 2. The monoisotopic (exact) mass is 344 g/mol. The van der Waals surface area contributed by atoms with Gasteiger partial charge in [0.05, 0.1) is 5.41 Å². The van der Waals surface area contributed by atoms with E-state index >= 15 is 0 Å². The first kappa shape index (κ1) is 16.6. The molecule has 0 radical (unpaired) electrons. The van der Waals surface area contributed by atoms with Crippen LogP contribution in [0.25, 0.3) is 0 Å². The number of carbonyl (C=O) groups excluding carboxylic acids is 2. The minimum Gasteiger partial charge on any atom is -0.351 e. The number of halogens is 1. The predicted molar refractivity (Wildman–Crippen MR) is 93.4 cm³/mol. The molecule has 1 aromatic carbocycles. The largest absolute Gasteiger partial charge is 0.351 e. The lowest BCUT2D eigenvalue weighted by atomic mass is 9.46. The number of aryl methyl sites for hydroxylation is 1. The molecule has 4 nitrogen and oxygen atoms in total. The Morgan fingerprint density at radius 3 is 2.44 bits per heavy atom. The van der Waals surface area contributed by atoms with Crippen LogP contribution < -0.4 is 10.6 Å². The maximum atomic E-state index is 13.3. The topological polar surface area (TPSA) is 58.2 Å². The maximum absolute atomic E-state index is 13.3. The molecule has 0 heterocycles. The van der Waals surface area contributed by atoms with E-state index in [1.807, 2.05) is 0 Å². The van der Waals surface area contributed by atoms with Crippen LogP contribution in [0.5, 0.6) is 0 Å². The van der Waals surface area contributed by atoms with Crippen molar-refractivity contribution in [2.75, 3.05) is 5.32 Å². The summed E-state index contributed by atoms with van der Waals surface area (Å²) in [6.45, 7) is 3.37. The lowest BCUT2D eigenvalue weighted by Gasteiger charge is -2.61. The molecular weight excluding hydrogens is 319 g/mol. The zero-order valence-corrected chi connectivity index (χ0v) is 14.8. The standard InChI is InChI=1S/C20H25FN2O2/c1-12-5-16(21)3-4-17(12)22-18(25)19-7-14-6-15(8-19)10-20(9-14,11-19)23-13(2)24/h3-5,14-15H,6-11H2,1-2H3,(H,22,25)(H,23,24)/t14-,15+,19?,20?. The summed E-state index contributed by atoms with van der Waals surface area (Å²) in [7, 11) is 0. The smallest absolute Gasteiger partial charge is 0.230 e. The van der Waals surface area contributed by atoms with Crippen LogP contribution in [-0.2, 0) is 9.59 Å². The van der Waals surface area contributed by atoms with Crippen molar-refractivity contribution in [3.8, 4) is 0 Å². The normalized spacial score (nSPS) is 35.5. The Kier molecular flexibility index (Phi) is 3.67. The van der Waals surface area contributed by atoms with Gasteiger partial charge in [-0.2, -0.15) is 0 Å². The summed E-state index contributed by atoms with van der Waals surface area (Å²) in [5.74, 6) is 0.745. The fourth-order valence-electron chi connectivity index (χ4n) is 6.07. The molecule has 2 N–H and O–H groups in total. The number of rotatable bonds is 3. The van der Waals surface area contributed by atoms with Crippen LogP contribution in [-0.4, -0.2) is 17.4 Å². The van der Waals surface area contributed by atoms with E-state index in [0.717, 1.165) is 37.7 Å². The van der Waals surface area contributed by atoms with Crippen LogP contribution >= 0.6 is 0 Å². The molecule has 4 bridgehead atoms. The Labute approximate surface area is 147 Å². The number of anilines is 1. The van der Waals surface area contributed by atoms with Gasteiger partial charge in [-0.3, -0.25) is 9.59 Å². The van der Waals surface area contributed by atoms with Gasteiger partial charge in [0.1, 0.15) is 5.82 Å². The molecule has 4 aliphatic rings. The second-order valence-electron chi connectivity index (χ2n) is 8.62. The van der Waals surface area contributed by atoms with Gasteiger partial charge < -0.3 is 10.6 Å². The average Bonchev–Trinajstić information content (AvgIpc) is 2.47. The number of nitrogens with one attached hydrogen (secondary N) is 2. The zero-order valence-electron chi connectivity index (χ0n) is 14.8. The molecular formula is C20H25FN2O2. The van der Waals surface area contributed by atoms with E-state index in [1.54, 1.807) is 19.9 Å². The number of carbonyl (C=O) groups is 2. The van der Waals surface area contributed by atoms with Crippen LogP contribution in [0.2, 0.25) is 0 Å². The summed E-state index contributed by atoms with van der Waals surface area (Å²) in [5, 5.41) is 6.23. The van der Waals surface area contributed by atoms with Crippen LogP contribution in [0, 0.1) is 30.0 Å². The molecule has 25 heavy (non-hydrogen) atoms. The Morgan fingerprint density at radius 1 is 1.16 bits per heavy atom. The first-order chi connectivity index (χ1) is 11.8. The number of benzene rings is 1. The minimum absolute atomic E-state index is 0.00751. The van der Waals surface area contributed by atoms with Gasteiger partial charge in [0.2, 0.25) is 11.8 Å². The summed E-state index contributed by atoms with van der Waals surface area (Å²) in [6, 6.07) is 4.45. The van der Waals surface area contributed by atoms with E-state index in [0.29, 0.717) is 17.5 Å². The molecule has 5 heteroatoms. The second kappa shape index (κ2) is 5.55. The summed E-state index contributed by atoms with van der Waals surface area (Å²) in [4.78, 5) is 24.9. The Morgan fingerprint density at radius 2 is 1.84 bits per heavy atom. The van der Waals surface area contributed by atoms with Gasteiger partial charge >= 0.3 is 0 Å². The SMILES string of the molecule is CC(=O)NC12C[C@H]3C[C@@H](C1)CC(C(=O)Nc1ccc(F)cc1C)(C3)C2. The summed E-state index contributed by atoms with van der Waals surface area (Å²) < 4.78 is 13.3. The molecule has 134 valence electrons. The van der Waals surface area contributed by atoms with Crippen LogP contribution in [0.15, 0.2) is 18.2 Å². The third-order valence-corrected chi connectivity index (χ3v) is 6.42. The molecule has 4 saturated carbocycles. The van der Waals surface area contributed by atoms with Gasteiger partial charge in [-0.25, -0.2) is 4.39 Å². The van der Waals surface area contributed by atoms with Gasteiger partial charge in [0.15, 0.2) is 0 Å². The Bertz CT molecular complexity index is 731. The molecule has 0 aromatic heterocycles. The lowest BCUT2D eigenvalue weighted by Crippen LogP contribution is -2.65. The zero-order chi connectivity index (χ0) is 17.8. The average molecular weight is 344 g/mol. The molecule has 0 aliphatic heterocycles. The van der Waals surface area contributed by atoms with Crippen molar-refractivity contribution in [3.05, 3.63) is 29.6 Å². The van der Waals surface area contributed by atoms with Gasteiger partial charge in [-0.15, -0.1) is 0 Å². The summed E-state index contributed by atoms with van der Waals surface area (Å²) in [6.07, 6.45) is 5.68. The van der Waals surface area contributed by atoms with Crippen molar-refractivity contribution in [1.82, 2.24) is 5.32 Å². The molecule has 4 atom stereocenters.